The Kier molecular flexibility index (Phi) is 2.94. The highest BCUT2D eigenvalue weighted by Crippen LogP contribution is 2.41. The summed E-state index contributed by atoms with van der Waals surface area (Å²) in [7, 11) is 0. The Morgan fingerprint density at radius 1 is 1.31 bits per heavy atom. The monoisotopic (exact) mass is 191 g/mol. The fraction of sp³-hybridized carbons (Fsp3) is 0.417. The zero-order valence-corrected chi connectivity index (χ0v) is 8.76. The van der Waals surface area contributed by atoms with Crippen LogP contribution in [0, 0.1) is 12.3 Å². The van der Waals surface area contributed by atoms with E-state index in [9.17, 15) is 0 Å². The summed E-state index contributed by atoms with van der Waals surface area (Å²) in [5.41, 5.74) is 1.47. The second-order valence-corrected chi connectivity index (χ2v) is 4.60. The molecule has 1 heteroatoms. The first kappa shape index (κ1) is 9.14. The third-order valence-corrected chi connectivity index (χ3v) is 3.65. The lowest BCUT2D eigenvalue weighted by atomic mass is 10.1. The van der Waals surface area contributed by atoms with Gasteiger partial charge in [-0.15, -0.1) is 5.25 Å². The summed E-state index contributed by atoms with van der Waals surface area (Å²) < 4.78 is 0. The van der Waals surface area contributed by atoms with Crippen LogP contribution in [0.15, 0.2) is 30.3 Å². The highest BCUT2D eigenvalue weighted by molar-refractivity contribution is 7.99. The van der Waals surface area contributed by atoms with Crippen molar-refractivity contribution in [3.05, 3.63) is 42.3 Å². The lowest BCUT2D eigenvalue weighted by Crippen LogP contribution is -1.88. The molecule has 2 rings (SSSR count). The largest absolute Gasteiger partial charge is 0.316 e. The maximum Gasteiger partial charge on any atom is -0.0208 e. The van der Waals surface area contributed by atoms with Crippen molar-refractivity contribution < 1.29 is 0 Å². The fourth-order valence-electron chi connectivity index (χ4n) is 1.67. The first-order valence-electron chi connectivity index (χ1n) is 4.82. The zero-order valence-electron chi connectivity index (χ0n) is 7.94. The molecule has 0 aromatic heterocycles. The van der Waals surface area contributed by atoms with Gasteiger partial charge >= 0.3 is 0 Å². The number of rotatable bonds is 4. The average molecular weight is 191 g/mol. The van der Waals surface area contributed by atoms with Gasteiger partial charge in [0, 0.05) is 0 Å². The predicted octanol–water partition coefficient (Wildman–Crippen LogP) is 3.18. The minimum atomic E-state index is 0.851. The van der Waals surface area contributed by atoms with Gasteiger partial charge in [0.25, 0.3) is 0 Å². The van der Waals surface area contributed by atoms with Gasteiger partial charge in [-0.2, -0.15) is 17.7 Å². The van der Waals surface area contributed by atoms with Gasteiger partial charge in [0.2, 0.25) is 0 Å². The van der Waals surface area contributed by atoms with E-state index in [0.717, 1.165) is 11.2 Å². The molecule has 1 fully saturated rings. The van der Waals surface area contributed by atoms with Crippen LogP contribution in [0.25, 0.3) is 0 Å². The van der Waals surface area contributed by atoms with Gasteiger partial charge in [0.05, 0.1) is 0 Å². The molecule has 0 nitrogen and oxygen atoms in total. The third kappa shape index (κ3) is 2.50. The smallest absolute Gasteiger partial charge is 0.0208 e. The van der Waals surface area contributed by atoms with Crippen molar-refractivity contribution in [3.63, 3.8) is 0 Å². The lowest BCUT2D eigenvalue weighted by Gasteiger charge is -2.04. The summed E-state index contributed by atoms with van der Waals surface area (Å²) in [6, 6.07) is 10.8. The van der Waals surface area contributed by atoms with E-state index in [2.05, 4.69) is 43.0 Å². The molecular weight excluding hydrogens is 176 g/mol. The molecule has 1 saturated carbocycles. The molecule has 13 heavy (non-hydrogen) atoms. The second-order valence-electron chi connectivity index (χ2n) is 3.58. The molecule has 0 radical (unpaired) electrons. The van der Waals surface area contributed by atoms with E-state index < -0.39 is 0 Å². The van der Waals surface area contributed by atoms with Crippen LogP contribution in [-0.2, 0) is 6.42 Å². The Hall–Kier alpha value is -0.430. The topological polar surface area (TPSA) is 0 Å². The summed E-state index contributed by atoms with van der Waals surface area (Å²) in [4.78, 5) is 0. The number of aryl methyl sites for hydroxylation is 1. The molecule has 1 aliphatic rings. The van der Waals surface area contributed by atoms with Gasteiger partial charge in [-0.25, -0.2) is 0 Å². The van der Waals surface area contributed by atoms with Gasteiger partial charge in [0.1, 0.15) is 0 Å². The van der Waals surface area contributed by atoms with Crippen molar-refractivity contribution in [3.8, 4) is 0 Å². The summed E-state index contributed by atoms with van der Waals surface area (Å²) in [6.45, 7) is 0. The van der Waals surface area contributed by atoms with Gasteiger partial charge in [-0.1, -0.05) is 36.8 Å². The van der Waals surface area contributed by atoms with Crippen molar-refractivity contribution in [1.82, 2.24) is 0 Å². The van der Waals surface area contributed by atoms with Gasteiger partial charge in [0.15, 0.2) is 0 Å². The molecular formula is C12H15S-. The Bertz CT molecular complexity index is 255. The van der Waals surface area contributed by atoms with E-state index in [1.54, 1.807) is 0 Å². The van der Waals surface area contributed by atoms with E-state index in [4.69, 9.17) is 0 Å². The fourth-order valence-corrected chi connectivity index (χ4v) is 2.52. The molecule has 70 valence electrons. The van der Waals surface area contributed by atoms with Crippen LogP contribution >= 0.6 is 11.8 Å². The molecule has 0 N–H and O–H groups in total. The molecule has 2 atom stereocenters. The standard InChI is InChI=1S/C12H15S/c1-13-12-9-11(12)8-7-10-5-3-2-4-6-10/h2-6,9,11-12H,7-8H2,1H3/q-1. The Balaban J connectivity index is 1.75. The second kappa shape index (κ2) is 4.19. The van der Waals surface area contributed by atoms with Crippen molar-refractivity contribution >= 4 is 11.8 Å². The normalized spacial score (nSPS) is 25.9. The Labute approximate surface area is 84.7 Å². The van der Waals surface area contributed by atoms with Crippen LogP contribution < -0.4 is 0 Å². The summed E-state index contributed by atoms with van der Waals surface area (Å²) in [5.74, 6) is 0.884. The highest BCUT2D eigenvalue weighted by Gasteiger charge is 2.20. The zero-order chi connectivity index (χ0) is 9.10. The van der Waals surface area contributed by atoms with Crippen molar-refractivity contribution in [1.29, 1.82) is 0 Å². The molecule has 0 amide bonds. The van der Waals surface area contributed by atoms with E-state index in [1.165, 1.54) is 18.4 Å². The Morgan fingerprint density at radius 3 is 2.69 bits per heavy atom. The van der Waals surface area contributed by atoms with Gasteiger partial charge < -0.3 is 6.42 Å². The average Bonchev–Trinajstić information content (AvgIpc) is 2.95. The summed E-state index contributed by atoms with van der Waals surface area (Å²) in [5, 5.41) is 0.851. The molecule has 2 unspecified atom stereocenters. The van der Waals surface area contributed by atoms with E-state index >= 15 is 0 Å². The molecule has 0 heterocycles. The first-order chi connectivity index (χ1) is 6.40. The highest BCUT2D eigenvalue weighted by atomic mass is 32.2. The van der Waals surface area contributed by atoms with Crippen LogP contribution in [-0.4, -0.2) is 11.5 Å². The van der Waals surface area contributed by atoms with E-state index in [1.807, 2.05) is 11.8 Å². The van der Waals surface area contributed by atoms with Crippen LogP contribution in [0.5, 0.6) is 0 Å². The maximum absolute atomic E-state index is 2.45. The SMILES string of the molecule is CSC1[CH-]C1CCc1ccccc1. The van der Waals surface area contributed by atoms with E-state index in [0.29, 0.717) is 0 Å². The van der Waals surface area contributed by atoms with Crippen molar-refractivity contribution in [2.45, 2.75) is 18.1 Å². The number of hydrogen-bond acceptors (Lipinski definition) is 1. The quantitative estimate of drug-likeness (QED) is 0.659. The molecule has 1 aliphatic carbocycles. The minimum Gasteiger partial charge on any atom is -0.316 e. The van der Waals surface area contributed by atoms with Gasteiger partial charge in [-0.05, 0) is 18.2 Å². The van der Waals surface area contributed by atoms with E-state index in [-0.39, 0.29) is 0 Å². The molecule has 0 saturated heterocycles. The lowest BCUT2D eigenvalue weighted by molar-refractivity contribution is 0.751. The van der Waals surface area contributed by atoms with Crippen LogP contribution in [0.1, 0.15) is 12.0 Å². The third-order valence-electron chi connectivity index (χ3n) is 2.60. The minimum absolute atomic E-state index is 0.851. The number of thioether (sulfide) groups is 1. The van der Waals surface area contributed by atoms with Crippen LogP contribution in [0.3, 0.4) is 0 Å². The predicted molar refractivity (Wildman–Crippen MR) is 59.9 cm³/mol. The molecule has 0 spiro atoms. The molecule has 1 aromatic carbocycles. The maximum atomic E-state index is 2.45. The number of benzene rings is 1. The van der Waals surface area contributed by atoms with Crippen molar-refractivity contribution in [2.24, 2.45) is 5.92 Å². The van der Waals surface area contributed by atoms with Crippen molar-refractivity contribution in [2.75, 3.05) is 6.26 Å². The first-order valence-corrected chi connectivity index (χ1v) is 6.10. The number of hydrogen-bond donors (Lipinski definition) is 0. The van der Waals surface area contributed by atoms with Crippen LogP contribution in [0.4, 0.5) is 0 Å². The molecule has 1 aromatic rings. The summed E-state index contributed by atoms with van der Waals surface area (Å²) >= 11 is 1.98. The Morgan fingerprint density at radius 2 is 2.08 bits per heavy atom. The summed E-state index contributed by atoms with van der Waals surface area (Å²) in [6.07, 6.45) is 7.21. The molecule has 0 bridgehead atoms. The molecule has 0 aliphatic heterocycles. The van der Waals surface area contributed by atoms with Crippen LogP contribution in [0.2, 0.25) is 0 Å². The van der Waals surface area contributed by atoms with Gasteiger partial charge in [-0.3, -0.25) is 0 Å².